The van der Waals surface area contributed by atoms with Crippen LogP contribution in [0.1, 0.15) is 5.56 Å². The van der Waals surface area contributed by atoms with Gasteiger partial charge in [0.15, 0.2) is 5.75 Å². The lowest BCUT2D eigenvalue weighted by Crippen LogP contribution is -2.01. The molecule has 2 aromatic rings. The number of phenols is 1. The van der Waals surface area contributed by atoms with Gasteiger partial charge in [-0.25, -0.2) is 0 Å². The average Bonchev–Trinajstić information content (AvgIpc) is 2.50. The smallest absolute Gasteiger partial charge is 0.168 e. The predicted molar refractivity (Wildman–Crippen MR) is 58.8 cm³/mol. The molecule has 1 aromatic carbocycles. The van der Waals surface area contributed by atoms with E-state index < -0.39 is 0 Å². The molecule has 0 saturated carbocycles. The van der Waals surface area contributed by atoms with Crippen molar-refractivity contribution in [1.82, 2.24) is 9.78 Å². The molecule has 0 bridgehead atoms. The lowest BCUT2D eigenvalue weighted by Gasteiger charge is -2.03. The Kier molecular flexibility index (Phi) is 2.64. The Morgan fingerprint density at radius 3 is 2.73 bits per heavy atom. The highest BCUT2D eigenvalue weighted by molar-refractivity contribution is 9.10. The van der Waals surface area contributed by atoms with E-state index in [1.54, 1.807) is 22.9 Å². The highest BCUT2D eigenvalue weighted by atomic mass is 79.9. The van der Waals surface area contributed by atoms with E-state index in [1.807, 2.05) is 6.07 Å². The van der Waals surface area contributed by atoms with E-state index in [-0.39, 0.29) is 11.5 Å². The zero-order valence-corrected chi connectivity index (χ0v) is 9.35. The van der Waals surface area contributed by atoms with Crippen molar-refractivity contribution in [3.8, 4) is 11.5 Å². The number of nitrogens with zero attached hydrogens (tertiary/aromatic N) is 2. The minimum atomic E-state index is 0.107. The highest BCUT2D eigenvalue weighted by Gasteiger charge is 2.06. The maximum atomic E-state index is 9.29. The Morgan fingerprint density at radius 1 is 1.33 bits per heavy atom. The number of benzene rings is 1. The molecule has 78 valence electrons. The molecule has 4 nitrogen and oxygen atoms in total. The van der Waals surface area contributed by atoms with E-state index in [0.717, 1.165) is 5.56 Å². The zero-order chi connectivity index (χ0) is 10.8. The highest BCUT2D eigenvalue weighted by Crippen LogP contribution is 2.23. The minimum absolute atomic E-state index is 0.107. The molecule has 0 fully saturated rings. The van der Waals surface area contributed by atoms with Gasteiger partial charge in [-0.1, -0.05) is 12.1 Å². The summed E-state index contributed by atoms with van der Waals surface area (Å²) in [4.78, 5) is 0. The average molecular weight is 269 g/mol. The third kappa shape index (κ3) is 2.12. The fourth-order valence-electron chi connectivity index (χ4n) is 1.30. The van der Waals surface area contributed by atoms with Crippen LogP contribution in [0.3, 0.4) is 0 Å². The van der Waals surface area contributed by atoms with Crippen molar-refractivity contribution in [3.63, 3.8) is 0 Å². The van der Waals surface area contributed by atoms with Gasteiger partial charge in [-0.05, 0) is 33.6 Å². The first kappa shape index (κ1) is 10.0. The van der Waals surface area contributed by atoms with Crippen LogP contribution < -0.4 is 0 Å². The summed E-state index contributed by atoms with van der Waals surface area (Å²) in [6, 6.07) is 6.91. The van der Waals surface area contributed by atoms with Crippen molar-refractivity contribution < 1.29 is 10.2 Å². The molecule has 0 aliphatic carbocycles. The molecule has 5 heteroatoms. The summed E-state index contributed by atoms with van der Waals surface area (Å²) in [5.41, 5.74) is 0.916. The van der Waals surface area contributed by atoms with Crippen LogP contribution in [0.5, 0.6) is 11.5 Å². The summed E-state index contributed by atoms with van der Waals surface area (Å²) in [6.45, 7) is 0.496. The molecule has 15 heavy (non-hydrogen) atoms. The van der Waals surface area contributed by atoms with Crippen LogP contribution in [0, 0.1) is 0 Å². The van der Waals surface area contributed by atoms with Gasteiger partial charge in [-0.3, -0.25) is 4.68 Å². The Balaban J connectivity index is 2.26. The number of phenolic OH excluding ortho intramolecular Hbond substituents is 1. The SMILES string of the molecule is Oc1cccc(Cn2ncc(O)c2Br)c1. The van der Waals surface area contributed by atoms with Crippen LogP contribution in [0.2, 0.25) is 0 Å². The second kappa shape index (κ2) is 3.94. The van der Waals surface area contributed by atoms with E-state index in [2.05, 4.69) is 21.0 Å². The normalized spacial score (nSPS) is 10.5. The third-order valence-corrected chi connectivity index (χ3v) is 2.82. The first-order valence-electron chi connectivity index (χ1n) is 4.35. The third-order valence-electron chi connectivity index (χ3n) is 2.00. The van der Waals surface area contributed by atoms with E-state index in [9.17, 15) is 10.2 Å². The second-order valence-corrected chi connectivity index (χ2v) is 3.90. The summed E-state index contributed by atoms with van der Waals surface area (Å²) in [5.74, 6) is 0.329. The topological polar surface area (TPSA) is 58.3 Å². The molecular weight excluding hydrogens is 260 g/mol. The van der Waals surface area contributed by atoms with Gasteiger partial charge in [0.25, 0.3) is 0 Å². The molecule has 0 unspecified atom stereocenters. The molecule has 0 radical (unpaired) electrons. The Morgan fingerprint density at radius 2 is 2.13 bits per heavy atom. The Labute approximate surface area is 94.9 Å². The molecule has 1 heterocycles. The lowest BCUT2D eigenvalue weighted by molar-refractivity contribution is 0.469. The molecule has 2 rings (SSSR count). The van der Waals surface area contributed by atoms with E-state index in [0.29, 0.717) is 11.1 Å². The maximum absolute atomic E-state index is 9.29. The van der Waals surface area contributed by atoms with Gasteiger partial charge in [0.2, 0.25) is 0 Å². The fraction of sp³-hybridized carbons (Fsp3) is 0.100. The van der Waals surface area contributed by atoms with Crippen molar-refractivity contribution in [3.05, 3.63) is 40.6 Å². The van der Waals surface area contributed by atoms with Crippen LogP contribution in [0.4, 0.5) is 0 Å². The molecular formula is C10H9BrN2O2. The summed E-state index contributed by atoms with van der Waals surface area (Å²) >= 11 is 3.21. The number of aromatic nitrogens is 2. The number of halogens is 1. The quantitative estimate of drug-likeness (QED) is 0.877. The van der Waals surface area contributed by atoms with Crippen molar-refractivity contribution >= 4 is 15.9 Å². The van der Waals surface area contributed by atoms with Gasteiger partial charge in [-0.2, -0.15) is 5.10 Å². The van der Waals surface area contributed by atoms with Gasteiger partial charge >= 0.3 is 0 Å². The number of hydrogen-bond donors (Lipinski definition) is 2. The van der Waals surface area contributed by atoms with E-state index in [4.69, 9.17) is 0 Å². The lowest BCUT2D eigenvalue weighted by atomic mass is 10.2. The van der Waals surface area contributed by atoms with Crippen LogP contribution in [-0.2, 0) is 6.54 Å². The van der Waals surface area contributed by atoms with Crippen LogP contribution in [-0.4, -0.2) is 20.0 Å². The van der Waals surface area contributed by atoms with Gasteiger partial charge in [0, 0.05) is 0 Å². The molecule has 0 saturated heterocycles. The van der Waals surface area contributed by atoms with Crippen molar-refractivity contribution in [2.75, 3.05) is 0 Å². The minimum Gasteiger partial charge on any atom is -0.508 e. The second-order valence-electron chi connectivity index (χ2n) is 3.15. The molecule has 0 aliphatic heterocycles. The Hall–Kier alpha value is -1.49. The van der Waals surface area contributed by atoms with E-state index in [1.165, 1.54) is 6.20 Å². The fourth-order valence-corrected chi connectivity index (χ4v) is 1.62. The van der Waals surface area contributed by atoms with Crippen molar-refractivity contribution in [2.24, 2.45) is 0 Å². The molecule has 1 aromatic heterocycles. The van der Waals surface area contributed by atoms with E-state index >= 15 is 0 Å². The maximum Gasteiger partial charge on any atom is 0.168 e. The zero-order valence-electron chi connectivity index (χ0n) is 7.76. The van der Waals surface area contributed by atoms with Crippen LogP contribution in [0.15, 0.2) is 35.1 Å². The molecule has 0 aliphatic rings. The van der Waals surface area contributed by atoms with Gasteiger partial charge in [0.05, 0.1) is 12.7 Å². The molecule has 0 amide bonds. The molecule has 2 N–H and O–H groups in total. The van der Waals surface area contributed by atoms with Crippen molar-refractivity contribution in [2.45, 2.75) is 6.54 Å². The summed E-state index contributed by atoms with van der Waals surface area (Å²) < 4.78 is 2.13. The first-order valence-corrected chi connectivity index (χ1v) is 5.14. The van der Waals surface area contributed by atoms with Gasteiger partial charge < -0.3 is 10.2 Å². The number of aromatic hydroxyl groups is 2. The summed E-state index contributed by atoms with van der Waals surface area (Å²) in [6.07, 6.45) is 1.37. The number of rotatable bonds is 2. The standard InChI is InChI=1S/C10H9BrN2O2/c11-10-9(15)5-12-13(10)6-7-2-1-3-8(14)4-7/h1-5,14-15H,6H2. The van der Waals surface area contributed by atoms with Gasteiger partial charge in [0.1, 0.15) is 10.4 Å². The van der Waals surface area contributed by atoms with Crippen molar-refractivity contribution in [1.29, 1.82) is 0 Å². The largest absolute Gasteiger partial charge is 0.508 e. The van der Waals surface area contributed by atoms with Gasteiger partial charge in [-0.15, -0.1) is 0 Å². The first-order chi connectivity index (χ1) is 7.16. The van der Waals surface area contributed by atoms with Crippen LogP contribution >= 0.6 is 15.9 Å². The summed E-state index contributed by atoms with van der Waals surface area (Å²) in [5, 5.41) is 22.5. The number of hydrogen-bond acceptors (Lipinski definition) is 3. The molecule has 0 atom stereocenters. The molecule has 0 spiro atoms. The Bertz CT molecular complexity index is 482. The summed E-state index contributed by atoms with van der Waals surface area (Å²) in [7, 11) is 0. The van der Waals surface area contributed by atoms with Crippen LogP contribution in [0.25, 0.3) is 0 Å². The predicted octanol–water partition coefficient (Wildman–Crippen LogP) is 2.11. The monoisotopic (exact) mass is 268 g/mol.